The summed E-state index contributed by atoms with van der Waals surface area (Å²) < 4.78 is 10.7. The van der Waals surface area contributed by atoms with E-state index >= 15 is 0 Å². The molecule has 4 heteroatoms. The highest BCUT2D eigenvalue weighted by Crippen LogP contribution is 2.27. The lowest BCUT2D eigenvalue weighted by molar-refractivity contribution is -0.128. The Morgan fingerprint density at radius 1 is 0.931 bits per heavy atom. The van der Waals surface area contributed by atoms with E-state index < -0.39 is 5.97 Å². The van der Waals surface area contributed by atoms with Crippen molar-refractivity contribution in [3.05, 3.63) is 102 Å². The van der Waals surface area contributed by atoms with Crippen LogP contribution < -0.4 is 9.47 Å². The Bertz CT molecular complexity index is 1090. The fourth-order valence-electron chi connectivity index (χ4n) is 2.75. The molecule has 0 aliphatic rings. The van der Waals surface area contributed by atoms with Gasteiger partial charge in [-0.1, -0.05) is 54.6 Å². The second-order valence-corrected chi connectivity index (χ2v) is 6.11. The van der Waals surface area contributed by atoms with Crippen molar-refractivity contribution in [2.24, 2.45) is 0 Å². The molecule has 0 aliphatic carbocycles. The van der Waals surface area contributed by atoms with Crippen molar-refractivity contribution in [2.75, 3.05) is 7.11 Å². The SMILES string of the molecule is COc1ccccc1/C(C#N)=C\c1cccc(OC(=O)/C=C/c2ccccc2)c1. The molecule has 29 heavy (non-hydrogen) atoms. The lowest BCUT2D eigenvalue weighted by Crippen LogP contribution is -2.03. The predicted molar refractivity (Wildman–Crippen MR) is 114 cm³/mol. The van der Waals surface area contributed by atoms with Gasteiger partial charge >= 0.3 is 5.97 Å². The Morgan fingerprint density at radius 3 is 2.41 bits per heavy atom. The summed E-state index contributed by atoms with van der Waals surface area (Å²) in [4.78, 5) is 12.1. The summed E-state index contributed by atoms with van der Waals surface area (Å²) in [5.41, 5.74) is 2.81. The predicted octanol–water partition coefficient (Wildman–Crippen LogP) is 5.38. The molecule has 0 saturated carbocycles. The van der Waals surface area contributed by atoms with E-state index in [0.717, 1.165) is 11.1 Å². The Hall–Kier alpha value is -4.10. The molecule has 0 unspecified atom stereocenters. The smallest absolute Gasteiger partial charge is 0.336 e. The van der Waals surface area contributed by atoms with Gasteiger partial charge in [0.15, 0.2) is 0 Å². The van der Waals surface area contributed by atoms with Gasteiger partial charge in [0, 0.05) is 11.6 Å². The molecule has 0 spiro atoms. The molecule has 142 valence electrons. The van der Waals surface area contributed by atoms with Gasteiger partial charge in [-0.15, -0.1) is 0 Å². The molecule has 0 aliphatic heterocycles. The molecular weight excluding hydrogens is 362 g/mol. The summed E-state index contributed by atoms with van der Waals surface area (Å²) in [7, 11) is 1.57. The van der Waals surface area contributed by atoms with Gasteiger partial charge in [-0.25, -0.2) is 4.79 Å². The largest absolute Gasteiger partial charge is 0.496 e. The van der Waals surface area contributed by atoms with Gasteiger partial charge in [0.25, 0.3) is 0 Å². The van der Waals surface area contributed by atoms with Crippen molar-refractivity contribution in [1.29, 1.82) is 5.26 Å². The number of ether oxygens (including phenoxy) is 2. The second-order valence-electron chi connectivity index (χ2n) is 6.11. The Kier molecular flexibility index (Phi) is 6.59. The van der Waals surface area contributed by atoms with Gasteiger partial charge in [-0.2, -0.15) is 5.26 Å². The molecule has 3 aromatic rings. The maximum atomic E-state index is 12.1. The number of nitriles is 1. The number of carbonyl (C=O) groups excluding carboxylic acids is 1. The van der Waals surface area contributed by atoms with Gasteiger partial charge in [0.1, 0.15) is 11.5 Å². The lowest BCUT2D eigenvalue weighted by Gasteiger charge is -2.07. The number of allylic oxidation sites excluding steroid dienone is 1. The first-order valence-corrected chi connectivity index (χ1v) is 9.00. The van der Waals surface area contributed by atoms with Crippen LogP contribution in [0.2, 0.25) is 0 Å². The molecule has 0 aromatic heterocycles. The van der Waals surface area contributed by atoms with Crippen LogP contribution in [0, 0.1) is 11.3 Å². The zero-order valence-electron chi connectivity index (χ0n) is 15.9. The van der Waals surface area contributed by atoms with Crippen LogP contribution in [0.1, 0.15) is 16.7 Å². The second kappa shape index (κ2) is 9.72. The van der Waals surface area contributed by atoms with E-state index in [1.54, 1.807) is 43.5 Å². The fourth-order valence-corrected chi connectivity index (χ4v) is 2.75. The summed E-state index contributed by atoms with van der Waals surface area (Å²) in [6, 6.07) is 26.0. The molecule has 0 radical (unpaired) electrons. The summed E-state index contributed by atoms with van der Waals surface area (Å²) >= 11 is 0. The third kappa shape index (κ3) is 5.44. The van der Waals surface area contributed by atoms with Crippen molar-refractivity contribution in [3.8, 4) is 17.6 Å². The maximum absolute atomic E-state index is 12.1. The van der Waals surface area contributed by atoms with E-state index in [1.165, 1.54) is 6.08 Å². The maximum Gasteiger partial charge on any atom is 0.336 e. The minimum absolute atomic E-state index is 0.402. The number of hydrogen-bond donors (Lipinski definition) is 0. The lowest BCUT2D eigenvalue weighted by atomic mass is 10.0. The number of hydrogen-bond acceptors (Lipinski definition) is 4. The first kappa shape index (κ1) is 19.7. The molecule has 0 bridgehead atoms. The number of para-hydroxylation sites is 1. The van der Waals surface area contributed by atoms with Crippen LogP contribution in [0.15, 0.2) is 84.9 Å². The molecule has 3 aromatic carbocycles. The minimum atomic E-state index is -0.472. The van der Waals surface area contributed by atoms with Gasteiger partial charge < -0.3 is 9.47 Å². The Labute approximate surface area is 170 Å². The number of benzene rings is 3. The van der Waals surface area contributed by atoms with Gasteiger partial charge in [-0.05, 0) is 47.5 Å². The van der Waals surface area contributed by atoms with E-state index in [1.807, 2.05) is 54.6 Å². The summed E-state index contributed by atoms with van der Waals surface area (Å²) in [5, 5.41) is 9.59. The summed E-state index contributed by atoms with van der Waals surface area (Å²) in [6.45, 7) is 0. The number of methoxy groups -OCH3 is 1. The zero-order valence-corrected chi connectivity index (χ0v) is 15.9. The van der Waals surface area contributed by atoms with Crippen molar-refractivity contribution in [1.82, 2.24) is 0 Å². The third-order valence-electron chi connectivity index (χ3n) is 4.12. The molecule has 0 saturated heterocycles. The highest BCUT2D eigenvalue weighted by molar-refractivity contribution is 5.92. The van der Waals surface area contributed by atoms with Crippen molar-refractivity contribution < 1.29 is 14.3 Å². The van der Waals surface area contributed by atoms with Gasteiger partial charge in [0.2, 0.25) is 0 Å². The average molecular weight is 381 g/mol. The molecule has 0 N–H and O–H groups in total. The van der Waals surface area contributed by atoms with E-state index in [9.17, 15) is 10.1 Å². The highest BCUT2D eigenvalue weighted by Gasteiger charge is 2.08. The highest BCUT2D eigenvalue weighted by atomic mass is 16.5. The van der Waals surface area contributed by atoms with Crippen molar-refractivity contribution in [2.45, 2.75) is 0 Å². The molecule has 4 nitrogen and oxygen atoms in total. The molecule has 0 heterocycles. The van der Waals surface area contributed by atoms with Crippen LogP contribution in [-0.2, 0) is 4.79 Å². The van der Waals surface area contributed by atoms with Crippen LogP contribution in [0.25, 0.3) is 17.7 Å². The van der Waals surface area contributed by atoms with Crippen LogP contribution >= 0.6 is 0 Å². The molecular formula is C25H19NO3. The van der Waals surface area contributed by atoms with Crippen LogP contribution in [-0.4, -0.2) is 13.1 Å². The Morgan fingerprint density at radius 2 is 1.66 bits per heavy atom. The number of carbonyl (C=O) groups is 1. The molecule has 0 amide bonds. The van der Waals surface area contributed by atoms with Crippen molar-refractivity contribution in [3.63, 3.8) is 0 Å². The Balaban J connectivity index is 1.78. The van der Waals surface area contributed by atoms with Gasteiger partial charge in [-0.3, -0.25) is 0 Å². The average Bonchev–Trinajstić information content (AvgIpc) is 2.77. The van der Waals surface area contributed by atoms with E-state index in [4.69, 9.17) is 9.47 Å². The summed E-state index contributed by atoms with van der Waals surface area (Å²) in [6.07, 6.45) is 4.81. The first-order chi connectivity index (χ1) is 14.2. The minimum Gasteiger partial charge on any atom is -0.496 e. The van der Waals surface area contributed by atoms with E-state index in [0.29, 0.717) is 22.6 Å². The van der Waals surface area contributed by atoms with Crippen LogP contribution in [0.5, 0.6) is 11.5 Å². The standard InChI is InChI=1S/C25H19NO3/c1-28-24-13-6-5-12-23(24)21(18-26)16-20-10-7-11-22(17-20)29-25(27)15-14-19-8-3-2-4-9-19/h2-17H,1H3/b15-14+,21-16-. The van der Waals surface area contributed by atoms with Gasteiger partial charge in [0.05, 0.1) is 18.8 Å². The van der Waals surface area contributed by atoms with E-state index in [2.05, 4.69) is 6.07 Å². The number of esters is 1. The van der Waals surface area contributed by atoms with Crippen LogP contribution in [0.3, 0.4) is 0 Å². The summed E-state index contributed by atoms with van der Waals surface area (Å²) in [5.74, 6) is 0.549. The third-order valence-corrected chi connectivity index (χ3v) is 4.12. The van der Waals surface area contributed by atoms with Crippen LogP contribution in [0.4, 0.5) is 0 Å². The monoisotopic (exact) mass is 381 g/mol. The van der Waals surface area contributed by atoms with E-state index in [-0.39, 0.29) is 0 Å². The molecule has 3 rings (SSSR count). The zero-order chi connectivity index (χ0) is 20.5. The fraction of sp³-hybridized carbons (Fsp3) is 0.0400. The molecule has 0 atom stereocenters. The molecule has 0 fully saturated rings. The normalized spacial score (nSPS) is 11.1. The quantitative estimate of drug-likeness (QED) is 0.189. The topological polar surface area (TPSA) is 59.3 Å². The first-order valence-electron chi connectivity index (χ1n) is 9.00. The van der Waals surface area contributed by atoms with Crippen molar-refractivity contribution >= 4 is 23.7 Å². The number of rotatable bonds is 6. The number of nitrogens with zero attached hydrogens (tertiary/aromatic N) is 1.